The molecule has 0 spiro atoms. The van der Waals surface area contributed by atoms with Gasteiger partial charge in [0.25, 0.3) is 11.8 Å². The molecule has 1 aliphatic heterocycles. The van der Waals surface area contributed by atoms with Crippen molar-refractivity contribution >= 4 is 41.1 Å². The van der Waals surface area contributed by atoms with E-state index in [1.807, 2.05) is 0 Å². The van der Waals surface area contributed by atoms with Gasteiger partial charge in [0.15, 0.2) is 5.44 Å². The maximum Gasteiger partial charge on any atom is 0.303 e. The lowest BCUT2D eigenvalue weighted by Gasteiger charge is -2.14. The van der Waals surface area contributed by atoms with E-state index >= 15 is 0 Å². The second-order valence-corrected chi connectivity index (χ2v) is 5.28. The van der Waals surface area contributed by atoms with Crippen LogP contribution in [-0.4, -0.2) is 29.1 Å². The van der Waals surface area contributed by atoms with Gasteiger partial charge in [-0.05, 0) is 12.1 Å². The van der Waals surface area contributed by atoms with Crippen molar-refractivity contribution in [3.05, 3.63) is 29.3 Å². The molecule has 0 fully saturated rings. The minimum absolute atomic E-state index is 0.0868. The first-order valence-electron chi connectivity index (χ1n) is 5.41. The molecule has 5 nitrogen and oxygen atoms in total. The number of amides is 2. The van der Waals surface area contributed by atoms with Gasteiger partial charge in [0.1, 0.15) is 0 Å². The Morgan fingerprint density at radius 2 is 2.16 bits per heavy atom. The first kappa shape index (κ1) is 13.9. The summed E-state index contributed by atoms with van der Waals surface area (Å²) in [5, 5.41) is 2.22. The molecular formula is C12H10ClNO4S. The number of carbonyl (C=O) groups is 3. The van der Waals surface area contributed by atoms with E-state index in [4.69, 9.17) is 16.3 Å². The zero-order valence-corrected chi connectivity index (χ0v) is 11.5. The Balaban J connectivity index is 2.29. The molecule has 2 rings (SSSR count). The molecule has 1 aliphatic rings. The highest BCUT2D eigenvalue weighted by molar-refractivity contribution is 8.00. The van der Waals surface area contributed by atoms with Crippen LogP contribution in [0.3, 0.4) is 0 Å². The minimum Gasteiger partial charge on any atom is -0.450 e. The summed E-state index contributed by atoms with van der Waals surface area (Å²) in [4.78, 5) is 34.7. The van der Waals surface area contributed by atoms with Gasteiger partial charge in [-0.3, -0.25) is 19.7 Å². The van der Waals surface area contributed by atoms with Gasteiger partial charge >= 0.3 is 5.97 Å². The predicted octanol–water partition coefficient (Wildman–Crippen LogP) is 1.79. The molecule has 1 heterocycles. The van der Waals surface area contributed by atoms with E-state index in [1.165, 1.54) is 6.92 Å². The number of carbonyl (C=O) groups excluding carboxylic acids is 3. The number of thioether (sulfide) groups is 1. The van der Waals surface area contributed by atoms with E-state index < -0.39 is 23.2 Å². The van der Waals surface area contributed by atoms with Crippen molar-refractivity contribution in [3.63, 3.8) is 0 Å². The Labute approximate surface area is 118 Å². The van der Waals surface area contributed by atoms with Gasteiger partial charge in [-0.25, -0.2) is 0 Å². The summed E-state index contributed by atoms with van der Waals surface area (Å²) < 4.78 is 5.00. The summed E-state index contributed by atoms with van der Waals surface area (Å²) in [6.07, 6.45) is 0. The quantitative estimate of drug-likeness (QED) is 0.302. The van der Waals surface area contributed by atoms with Crippen LogP contribution in [0.4, 0.5) is 0 Å². The van der Waals surface area contributed by atoms with Crippen molar-refractivity contribution in [1.82, 2.24) is 5.32 Å². The number of fused-ring (bicyclic) bond motifs is 1. The SMILES string of the molecule is CC(=O)OC(CCl)Sc1cccc2c1C(=O)NC2=O. The van der Waals surface area contributed by atoms with Crippen molar-refractivity contribution < 1.29 is 19.1 Å². The van der Waals surface area contributed by atoms with Crippen molar-refractivity contribution in [3.8, 4) is 0 Å². The van der Waals surface area contributed by atoms with Crippen molar-refractivity contribution in [1.29, 1.82) is 0 Å². The molecule has 100 valence electrons. The van der Waals surface area contributed by atoms with E-state index in [1.54, 1.807) is 18.2 Å². The van der Waals surface area contributed by atoms with Gasteiger partial charge in [0, 0.05) is 11.8 Å². The molecule has 0 radical (unpaired) electrons. The lowest BCUT2D eigenvalue weighted by molar-refractivity contribution is -0.141. The molecule has 0 saturated carbocycles. The van der Waals surface area contributed by atoms with Crippen LogP contribution in [0.1, 0.15) is 27.6 Å². The number of benzene rings is 1. The molecule has 2 amide bonds. The molecule has 7 heteroatoms. The van der Waals surface area contributed by atoms with Crippen LogP contribution in [0.2, 0.25) is 0 Å². The Hall–Kier alpha value is -1.53. The van der Waals surface area contributed by atoms with Crippen LogP contribution in [0.25, 0.3) is 0 Å². The normalized spacial score (nSPS) is 14.8. The fourth-order valence-corrected chi connectivity index (χ4v) is 2.96. The molecule has 1 aromatic carbocycles. The zero-order valence-electron chi connectivity index (χ0n) is 9.94. The van der Waals surface area contributed by atoms with E-state index in [0.29, 0.717) is 16.0 Å². The standard InChI is InChI=1S/C12H10ClNO4S/c1-6(15)18-9(5-13)19-8-4-2-3-7-10(8)12(17)14-11(7)16/h2-4,9H,5H2,1H3,(H,14,16,17). The first-order chi connectivity index (χ1) is 9.02. The molecule has 0 saturated heterocycles. The van der Waals surface area contributed by atoms with Crippen LogP contribution in [0.5, 0.6) is 0 Å². The van der Waals surface area contributed by atoms with Gasteiger partial charge in [0.05, 0.1) is 17.0 Å². The highest BCUT2D eigenvalue weighted by Gasteiger charge is 2.30. The highest BCUT2D eigenvalue weighted by Crippen LogP contribution is 2.32. The number of rotatable bonds is 4. The smallest absolute Gasteiger partial charge is 0.303 e. The third-order valence-corrected chi connectivity index (χ3v) is 3.99. The Kier molecular flexibility index (Phi) is 4.11. The largest absolute Gasteiger partial charge is 0.450 e. The van der Waals surface area contributed by atoms with E-state index in [-0.39, 0.29) is 5.88 Å². The lowest BCUT2D eigenvalue weighted by Crippen LogP contribution is -2.20. The van der Waals surface area contributed by atoms with Crippen molar-refractivity contribution in [2.24, 2.45) is 0 Å². The van der Waals surface area contributed by atoms with Crippen LogP contribution in [-0.2, 0) is 9.53 Å². The fourth-order valence-electron chi connectivity index (χ4n) is 1.70. The Bertz CT molecular complexity index is 561. The van der Waals surface area contributed by atoms with Gasteiger partial charge < -0.3 is 4.74 Å². The van der Waals surface area contributed by atoms with Gasteiger partial charge in [-0.2, -0.15) is 0 Å². The van der Waals surface area contributed by atoms with Crippen molar-refractivity contribution in [2.45, 2.75) is 17.3 Å². The molecule has 1 unspecified atom stereocenters. The summed E-state index contributed by atoms with van der Waals surface area (Å²) in [7, 11) is 0. The summed E-state index contributed by atoms with van der Waals surface area (Å²) in [5.41, 5.74) is 0.0279. The average molecular weight is 300 g/mol. The maximum absolute atomic E-state index is 11.7. The second kappa shape index (κ2) is 5.63. The van der Waals surface area contributed by atoms with Crippen molar-refractivity contribution in [2.75, 3.05) is 5.88 Å². The molecule has 1 atom stereocenters. The van der Waals surface area contributed by atoms with Crippen LogP contribution < -0.4 is 5.32 Å². The minimum atomic E-state index is -0.603. The predicted molar refractivity (Wildman–Crippen MR) is 70.4 cm³/mol. The Morgan fingerprint density at radius 1 is 1.42 bits per heavy atom. The molecule has 0 aromatic heterocycles. The third-order valence-electron chi connectivity index (χ3n) is 2.41. The van der Waals surface area contributed by atoms with Gasteiger partial charge in [-0.1, -0.05) is 17.8 Å². The lowest BCUT2D eigenvalue weighted by atomic mass is 10.1. The molecular weight excluding hydrogens is 290 g/mol. The van der Waals surface area contributed by atoms with Crippen LogP contribution in [0.15, 0.2) is 23.1 Å². The number of esters is 1. The summed E-state index contributed by atoms with van der Waals surface area (Å²) in [5.74, 6) is -1.23. The Morgan fingerprint density at radius 3 is 2.79 bits per heavy atom. The van der Waals surface area contributed by atoms with E-state index in [9.17, 15) is 14.4 Å². The third kappa shape index (κ3) is 2.90. The summed E-state index contributed by atoms with van der Waals surface area (Å²) in [6.45, 7) is 1.28. The highest BCUT2D eigenvalue weighted by atomic mass is 35.5. The molecule has 19 heavy (non-hydrogen) atoms. The average Bonchev–Trinajstić information content (AvgIpc) is 2.64. The number of alkyl halides is 1. The molecule has 1 aromatic rings. The number of imide groups is 1. The van der Waals surface area contributed by atoms with E-state index in [2.05, 4.69) is 5.32 Å². The van der Waals surface area contributed by atoms with Crippen LogP contribution >= 0.6 is 23.4 Å². The monoisotopic (exact) mass is 299 g/mol. The number of hydrogen-bond acceptors (Lipinski definition) is 5. The fraction of sp³-hybridized carbons (Fsp3) is 0.250. The van der Waals surface area contributed by atoms with E-state index in [0.717, 1.165) is 11.8 Å². The number of ether oxygens (including phenoxy) is 1. The second-order valence-electron chi connectivity index (χ2n) is 3.77. The number of hydrogen-bond donors (Lipinski definition) is 1. The molecule has 1 N–H and O–H groups in total. The summed E-state index contributed by atoms with van der Waals surface area (Å²) in [6, 6.07) is 4.92. The number of nitrogens with one attached hydrogen (secondary N) is 1. The van der Waals surface area contributed by atoms with Crippen LogP contribution in [0, 0.1) is 0 Å². The zero-order chi connectivity index (χ0) is 14.0. The molecule has 0 aliphatic carbocycles. The van der Waals surface area contributed by atoms with Gasteiger partial charge in [0.2, 0.25) is 0 Å². The topological polar surface area (TPSA) is 72.5 Å². The van der Waals surface area contributed by atoms with Gasteiger partial charge in [-0.15, -0.1) is 11.6 Å². The maximum atomic E-state index is 11.7. The summed E-state index contributed by atoms with van der Waals surface area (Å²) >= 11 is 6.85. The number of halogens is 1. The first-order valence-corrected chi connectivity index (χ1v) is 6.83. The molecule has 0 bridgehead atoms.